The van der Waals surface area contributed by atoms with Gasteiger partial charge in [-0.25, -0.2) is 0 Å². The lowest BCUT2D eigenvalue weighted by Gasteiger charge is -2.22. The van der Waals surface area contributed by atoms with Crippen LogP contribution in [0.4, 0.5) is 8.63 Å². The Morgan fingerprint density at radius 3 is 1.65 bits per heavy atom. The van der Waals surface area contributed by atoms with E-state index in [-0.39, 0.29) is 0 Å². The number of hydrogen-bond donors (Lipinski definition) is 0. The first kappa shape index (κ1) is 14.7. The molecule has 0 radical (unpaired) electrons. The summed E-state index contributed by atoms with van der Waals surface area (Å²) in [4.78, 5) is 0. The summed E-state index contributed by atoms with van der Waals surface area (Å²) < 4.78 is 26.7. The lowest BCUT2D eigenvalue weighted by atomic mass is 9.40. The van der Waals surface area contributed by atoms with Gasteiger partial charge in [-0.3, -0.25) is 8.63 Å². The average molecular weight is 255 g/mol. The quantitative estimate of drug-likeness (QED) is 0.574. The molecule has 1 rings (SSSR count). The highest BCUT2D eigenvalue weighted by molar-refractivity contribution is 8.11. The van der Waals surface area contributed by atoms with Crippen LogP contribution in [0.2, 0.25) is 0 Å². The lowest BCUT2D eigenvalue weighted by Crippen LogP contribution is -2.45. The third-order valence-corrected chi connectivity index (χ3v) is 5.26. The van der Waals surface area contributed by atoms with Gasteiger partial charge >= 0.3 is 13.5 Å². The van der Waals surface area contributed by atoms with E-state index in [1.165, 1.54) is 0 Å². The van der Waals surface area contributed by atoms with Crippen LogP contribution in [0.25, 0.3) is 0 Å². The summed E-state index contributed by atoms with van der Waals surface area (Å²) in [5.74, 6) is 0. The Hall–Kier alpha value is -0.360. The third-order valence-electron chi connectivity index (χ3n) is 3.11. The molecule has 0 saturated carbocycles. The molecule has 0 N–H and O–H groups in total. The van der Waals surface area contributed by atoms with Gasteiger partial charge in [-0.1, -0.05) is 28.8 Å². The predicted octanol–water partition coefficient (Wildman–Crippen LogP) is 3.22. The Morgan fingerprint density at radius 2 is 1.35 bits per heavy atom. The Balaban J connectivity index is 3.39. The normalized spacial score (nSPS) is 11.5. The molecule has 0 atom stereocenters. The van der Waals surface area contributed by atoms with Crippen molar-refractivity contribution in [2.45, 2.75) is 20.8 Å². The van der Waals surface area contributed by atoms with Gasteiger partial charge in [0.2, 0.25) is 0 Å². The van der Waals surface area contributed by atoms with E-state index in [1.54, 1.807) is 0 Å². The molecule has 5 heteroatoms. The molecule has 0 aromatic heterocycles. The summed E-state index contributed by atoms with van der Waals surface area (Å²) in [6.45, 7) is 11.9. The smallest absolute Gasteiger partial charge is 0.291 e. The molecule has 0 aliphatic carbocycles. The van der Waals surface area contributed by atoms with Crippen LogP contribution in [0.3, 0.4) is 0 Å². The first-order valence-corrected chi connectivity index (χ1v) is 9.01. The van der Waals surface area contributed by atoms with Crippen LogP contribution >= 0.6 is 7.14 Å². The second kappa shape index (κ2) is 5.10. The van der Waals surface area contributed by atoms with E-state index in [4.69, 9.17) is 0 Å². The van der Waals surface area contributed by atoms with Gasteiger partial charge in [-0.15, -0.1) is 0 Å². The van der Waals surface area contributed by atoms with E-state index in [0.29, 0.717) is 0 Å². The largest absolute Gasteiger partial charge is 0.552 e. The summed E-state index contributed by atoms with van der Waals surface area (Å²) in [5, 5.41) is 0. The fraction of sp³-hybridized carbons (Fsp3) is 0.500. The van der Waals surface area contributed by atoms with Crippen molar-refractivity contribution in [3.8, 4) is 0 Å². The molecule has 0 spiro atoms. The highest BCUT2D eigenvalue weighted by atomic mass is 31.2. The molecule has 0 aliphatic heterocycles. The molecule has 0 nitrogen and oxygen atoms in total. The zero-order valence-electron chi connectivity index (χ0n) is 11.5. The molecule has 0 fully saturated rings. The fourth-order valence-corrected chi connectivity index (χ4v) is 4.37. The maximum absolute atomic E-state index is 13.4. The molecule has 1 aromatic carbocycles. The van der Waals surface area contributed by atoms with E-state index in [0.717, 1.165) is 22.2 Å². The van der Waals surface area contributed by atoms with Crippen LogP contribution in [0, 0.1) is 20.8 Å². The zero-order chi connectivity index (χ0) is 13.4. The second-order valence-corrected chi connectivity index (χ2v) is 10.5. The molecule has 0 bridgehead atoms. The van der Waals surface area contributed by atoms with Gasteiger partial charge < -0.3 is 0 Å². The summed E-state index contributed by atoms with van der Waals surface area (Å²) in [6, 6.07) is 4.01. The van der Waals surface area contributed by atoms with Gasteiger partial charge in [0.05, 0.1) is 0 Å². The van der Waals surface area contributed by atoms with E-state index in [1.807, 2.05) is 52.9 Å². The van der Waals surface area contributed by atoms with Crippen LogP contribution in [0.5, 0.6) is 0 Å². The van der Waals surface area contributed by atoms with Crippen molar-refractivity contribution in [1.29, 1.82) is 0 Å². The summed E-state index contributed by atoms with van der Waals surface area (Å²) in [6.07, 6.45) is -0.594. The molecule has 0 heterocycles. The van der Waals surface area contributed by atoms with Gasteiger partial charge in [-0.2, -0.15) is 0 Å². The van der Waals surface area contributed by atoms with E-state index in [2.05, 4.69) is 0 Å². The minimum Gasteiger partial charge on any atom is -0.291 e. The molecule has 0 amide bonds. The van der Waals surface area contributed by atoms with Crippen molar-refractivity contribution >= 4 is 26.1 Å². The van der Waals surface area contributed by atoms with Crippen molar-refractivity contribution in [3.05, 3.63) is 28.8 Å². The number of hydrogen-bond acceptors (Lipinski definition) is 0. The average Bonchev–Trinajstić information content (AvgIpc) is 2.07. The summed E-state index contributed by atoms with van der Waals surface area (Å²) in [5.41, 5.74) is 4.01. The maximum Gasteiger partial charge on any atom is 0.552 e. The number of rotatable bonds is 3. The van der Waals surface area contributed by atoms with Crippen molar-refractivity contribution in [2.75, 3.05) is 20.0 Å². The van der Waals surface area contributed by atoms with Gasteiger partial charge in [0.25, 0.3) is 0 Å². The number of benzene rings is 1. The van der Waals surface area contributed by atoms with E-state index in [9.17, 15) is 8.63 Å². The SMILES string of the molecule is Cc1cc(C)c(B(B(F)F)[P+](C)(C)C)c(C)c1. The fourth-order valence-electron chi connectivity index (χ4n) is 2.51. The van der Waals surface area contributed by atoms with Crippen LogP contribution < -0.4 is 5.46 Å². The number of aryl methyl sites for hydroxylation is 3. The van der Waals surface area contributed by atoms with E-state index >= 15 is 0 Å². The van der Waals surface area contributed by atoms with Crippen molar-refractivity contribution in [3.63, 3.8) is 0 Å². The molecule has 17 heavy (non-hydrogen) atoms. The molecule has 0 saturated heterocycles. The van der Waals surface area contributed by atoms with Crippen molar-refractivity contribution < 1.29 is 8.63 Å². The number of halogens is 2. The minimum absolute atomic E-state index is 0.594. The van der Waals surface area contributed by atoms with Gasteiger partial charge in [-0.05, 0) is 33.4 Å². The molecule has 1 aromatic rings. The minimum atomic E-state index is -2.27. The molecular weight excluding hydrogens is 235 g/mol. The van der Waals surface area contributed by atoms with Crippen LogP contribution in [-0.2, 0) is 0 Å². The first-order chi connectivity index (χ1) is 7.64. The standard InChI is InChI=1S/C12H20B2F2P/c1-9-7-10(2)12(11(3)8-9)13(14(15)16)17(4,5)6/h7-8H,1-6H3/q+1. The molecular formula is C12H20B2F2P+. The summed E-state index contributed by atoms with van der Waals surface area (Å²) in [7, 11) is -3.90. The topological polar surface area (TPSA) is 0 Å². The second-order valence-electron chi connectivity index (χ2n) is 5.71. The Kier molecular flexibility index (Phi) is 4.41. The third kappa shape index (κ3) is 3.31. The van der Waals surface area contributed by atoms with Crippen LogP contribution in [-0.4, -0.2) is 33.5 Å². The first-order valence-electron chi connectivity index (χ1n) is 5.81. The zero-order valence-corrected chi connectivity index (χ0v) is 12.4. The van der Waals surface area contributed by atoms with E-state index < -0.39 is 20.6 Å². The van der Waals surface area contributed by atoms with Gasteiger partial charge in [0, 0.05) is 20.0 Å². The molecule has 0 unspecified atom stereocenters. The maximum atomic E-state index is 13.4. The monoisotopic (exact) mass is 255 g/mol. The lowest BCUT2D eigenvalue weighted by molar-refractivity contribution is 0.695. The Labute approximate surface area is 105 Å². The van der Waals surface area contributed by atoms with Crippen molar-refractivity contribution in [1.82, 2.24) is 0 Å². The van der Waals surface area contributed by atoms with Crippen LogP contribution in [0.15, 0.2) is 12.1 Å². The highest BCUT2D eigenvalue weighted by Crippen LogP contribution is 2.50. The van der Waals surface area contributed by atoms with Crippen molar-refractivity contribution in [2.24, 2.45) is 0 Å². The van der Waals surface area contributed by atoms with Gasteiger partial charge in [0.1, 0.15) is 0 Å². The highest BCUT2D eigenvalue weighted by Gasteiger charge is 2.52. The van der Waals surface area contributed by atoms with Gasteiger partial charge in [0.15, 0.2) is 0 Å². The summed E-state index contributed by atoms with van der Waals surface area (Å²) >= 11 is 0. The Morgan fingerprint density at radius 1 is 0.941 bits per heavy atom. The molecule has 92 valence electrons. The van der Waals surface area contributed by atoms with Crippen LogP contribution in [0.1, 0.15) is 16.7 Å². The predicted molar refractivity (Wildman–Crippen MR) is 78.7 cm³/mol. The molecule has 0 aliphatic rings. The Bertz CT molecular complexity index is 390.